The average molecular weight is 259 g/mol. The molecule has 1 unspecified atom stereocenters. The molecule has 0 radical (unpaired) electrons. The molecular formula is C16H25N3. The molecule has 3 nitrogen and oxygen atoms in total. The van der Waals surface area contributed by atoms with E-state index in [1.807, 2.05) is 7.05 Å². The molecule has 2 N–H and O–H groups in total. The Balaban J connectivity index is 1.97. The molecule has 3 heteroatoms. The Kier molecular flexibility index (Phi) is 4.83. The van der Waals surface area contributed by atoms with Gasteiger partial charge in [-0.05, 0) is 44.2 Å². The Morgan fingerprint density at radius 2 is 2.16 bits per heavy atom. The fourth-order valence-corrected chi connectivity index (χ4v) is 2.75. The molecule has 0 fully saturated rings. The molecule has 1 aromatic rings. The van der Waals surface area contributed by atoms with Crippen LogP contribution in [0.2, 0.25) is 0 Å². The third kappa shape index (κ3) is 3.72. The minimum atomic E-state index is 0.407. The minimum absolute atomic E-state index is 0.407. The van der Waals surface area contributed by atoms with Gasteiger partial charge in [-0.15, -0.1) is 0 Å². The SMILES string of the molecule is CN=C(NCC1CCCc2ccccc21)NC(C)C. The molecule has 0 bridgehead atoms. The minimum Gasteiger partial charge on any atom is -0.356 e. The Bertz CT molecular complexity index is 437. The van der Waals surface area contributed by atoms with Gasteiger partial charge in [0.15, 0.2) is 5.96 Å². The summed E-state index contributed by atoms with van der Waals surface area (Å²) in [6.45, 7) is 5.22. The fourth-order valence-electron chi connectivity index (χ4n) is 2.75. The van der Waals surface area contributed by atoms with E-state index in [1.54, 1.807) is 0 Å². The highest BCUT2D eigenvalue weighted by atomic mass is 15.2. The zero-order valence-corrected chi connectivity index (χ0v) is 12.2. The van der Waals surface area contributed by atoms with E-state index >= 15 is 0 Å². The van der Waals surface area contributed by atoms with Gasteiger partial charge in [0.25, 0.3) is 0 Å². The van der Waals surface area contributed by atoms with E-state index in [4.69, 9.17) is 0 Å². The van der Waals surface area contributed by atoms with Crippen LogP contribution in [0.1, 0.15) is 43.7 Å². The van der Waals surface area contributed by atoms with Crippen molar-refractivity contribution in [3.8, 4) is 0 Å². The molecule has 0 aliphatic heterocycles. The molecule has 1 aliphatic rings. The Morgan fingerprint density at radius 3 is 2.89 bits per heavy atom. The molecule has 19 heavy (non-hydrogen) atoms. The molecule has 1 aliphatic carbocycles. The second-order valence-corrected chi connectivity index (χ2v) is 5.54. The first kappa shape index (κ1) is 13.9. The highest BCUT2D eigenvalue weighted by molar-refractivity contribution is 5.79. The van der Waals surface area contributed by atoms with Crippen molar-refractivity contribution in [1.82, 2.24) is 10.6 Å². The molecule has 2 rings (SSSR count). The molecule has 0 saturated carbocycles. The van der Waals surface area contributed by atoms with Crippen molar-refractivity contribution in [2.45, 2.75) is 45.1 Å². The molecule has 0 spiro atoms. The highest BCUT2D eigenvalue weighted by Gasteiger charge is 2.19. The van der Waals surface area contributed by atoms with Crippen LogP contribution >= 0.6 is 0 Å². The maximum absolute atomic E-state index is 4.26. The van der Waals surface area contributed by atoms with Gasteiger partial charge < -0.3 is 10.6 Å². The van der Waals surface area contributed by atoms with Crippen LogP contribution in [0.5, 0.6) is 0 Å². The van der Waals surface area contributed by atoms with Gasteiger partial charge >= 0.3 is 0 Å². The van der Waals surface area contributed by atoms with E-state index in [-0.39, 0.29) is 0 Å². The predicted molar refractivity (Wildman–Crippen MR) is 81.8 cm³/mol. The lowest BCUT2D eigenvalue weighted by Gasteiger charge is -2.26. The van der Waals surface area contributed by atoms with E-state index in [9.17, 15) is 0 Å². The van der Waals surface area contributed by atoms with Crippen molar-refractivity contribution in [3.63, 3.8) is 0 Å². The maximum Gasteiger partial charge on any atom is 0.191 e. The number of hydrogen-bond donors (Lipinski definition) is 2. The van der Waals surface area contributed by atoms with Crippen molar-refractivity contribution < 1.29 is 0 Å². The van der Waals surface area contributed by atoms with Crippen LogP contribution in [0, 0.1) is 0 Å². The standard InChI is InChI=1S/C16H25N3/c1-12(2)19-16(17-3)18-11-14-9-6-8-13-7-4-5-10-15(13)14/h4-5,7,10,12,14H,6,8-9,11H2,1-3H3,(H2,17,18,19). The molecular weight excluding hydrogens is 234 g/mol. The Morgan fingerprint density at radius 1 is 1.37 bits per heavy atom. The molecule has 104 valence electrons. The van der Waals surface area contributed by atoms with Crippen LogP contribution < -0.4 is 10.6 Å². The molecule has 0 amide bonds. The lowest BCUT2D eigenvalue weighted by Crippen LogP contribution is -2.42. The lowest BCUT2D eigenvalue weighted by atomic mass is 9.83. The number of aliphatic imine (C=N–C) groups is 1. The number of benzene rings is 1. The van der Waals surface area contributed by atoms with Crippen molar-refractivity contribution in [2.24, 2.45) is 4.99 Å². The molecule has 1 atom stereocenters. The summed E-state index contributed by atoms with van der Waals surface area (Å²) in [6, 6.07) is 9.25. The van der Waals surface area contributed by atoms with Crippen LogP contribution in [0.3, 0.4) is 0 Å². The van der Waals surface area contributed by atoms with Crippen LogP contribution in [0.15, 0.2) is 29.3 Å². The average Bonchev–Trinajstić information content (AvgIpc) is 2.43. The smallest absolute Gasteiger partial charge is 0.191 e. The second kappa shape index (κ2) is 6.60. The summed E-state index contributed by atoms with van der Waals surface area (Å²) >= 11 is 0. The van der Waals surface area contributed by atoms with E-state index in [1.165, 1.54) is 30.4 Å². The van der Waals surface area contributed by atoms with Crippen molar-refractivity contribution >= 4 is 5.96 Å². The number of fused-ring (bicyclic) bond motifs is 1. The molecule has 0 aromatic heterocycles. The summed E-state index contributed by atoms with van der Waals surface area (Å²) in [5.41, 5.74) is 3.04. The van der Waals surface area contributed by atoms with E-state index in [2.05, 4.69) is 53.7 Å². The molecule has 1 aromatic carbocycles. The van der Waals surface area contributed by atoms with Gasteiger partial charge in [-0.3, -0.25) is 4.99 Å². The van der Waals surface area contributed by atoms with Gasteiger partial charge in [-0.25, -0.2) is 0 Å². The first-order valence-corrected chi connectivity index (χ1v) is 7.25. The van der Waals surface area contributed by atoms with Crippen LogP contribution in [0.25, 0.3) is 0 Å². The van der Waals surface area contributed by atoms with Crippen LogP contribution in [-0.4, -0.2) is 25.6 Å². The largest absolute Gasteiger partial charge is 0.356 e. The number of guanidine groups is 1. The van der Waals surface area contributed by atoms with Gasteiger partial charge in [-0.1, -0.05) is 24.3 Å². The van der Waals surface area contributed by atoms with Crippen molar-refractivity contribution in [2.75, 3.05) is 13.6 Å². The van der Waals surface area contributed by atoms with Gasteiger partial charge in [0.2, 0.25) is 0 Å². The topological polar surface area (TPSA) is 36.4 Å². The van der Waals surface area contributed by atoms with E-state index in [0.29, 0.717) is 12.0 Å². The summed E-state index contributed by atoms with van der Waals surface area (Å²) in [7, 11) is 1.83. The number of nitrogens with one attached hydrogen (secondary N) is 2. The Labute approximate surface area is 116 Å². The zero-order valence-electron chi connectivity index (χ0n) is 12.2. The first-order valence-electron chi connectivity index (χ1n) is 7.25. The third-order valence-corrected chi connectivity index (χ3v) is 3.66. The monoisotopic (exact) mass is 259 g/mol. The van der Waals surface area contributed by atoms with E-state index < -0.39 is 0 Å². The zero-order chi connectivity index (χ0) is 13.7. The summed E-state index contributed by atoms with van der Waals surface area (Å²) in [5.74, 6) is 1.51. The first-order chi connectivity index (χ1) is 9.20. The van der Waals surface area contributed by atoms with Crippen molar-refractivity contribution in [1.29, 1.82) is 0 Å². The Hall–Kier alpha value is -1.51. The quantitative estimate of drug-likeness (QED) is 0.647. The summed E-state index contributed by atoms with van der Waals surface area (Å²) in [4.78, 5) is 4.26. The number of nitrogens with zero attached hydrogens (tertiary/aromatic N) is 1. The third-order valence-electron chi connectivity index (χ3n) is 3.66. The van der Waals surface area contributed by atoms with Gasteiger partial charge in [0, 0.05) is 25.6 Å². The summed E-state index contributed by atoms with van der Waals surface area (Å²) < 4.78 is 0. The van der Waals surface area contributed by atoms with Gasteiger partial charge in [0.1, 0.15) is 0 Å². The van der Waals surface area contributed by atoms with Crippen LogP contribution in [0.4, 0.5) is 0 Å². The van der Waals surface area contributed by atoms with Gasteiger partial charge in [-0.2, -0.15) is 0 Å². The summed E-state index contributed by atoms with van der Waals surface area (Å²) in [5, 5.41) is 6.78. The fraction of sp³-hybridized carbons (Fsp3) is 0.562. The number of aryl methyl sites for hydroxylation is 1. The molecule has 0 heterocycles. The van der Waals surface area contributed by atoms with Crippen molar-refractivity contribution in [3.05, 3.63) is 35.4 Å². The summed E-state index contributed by atoms with van der Waals surface area (Å²) in [6.07, 6.45) is 3.79. The van der Waals surface area contributed by atoms with Crippen LogP contribution in [-0.2, 0) is 6.42 Å². The normalized spacial score (nSPS) is 19.2. The number of hydrogen-bond acceptors (Lipinski definition) is 1. The second-order valence-electron chi connectivity index (χ2n) is 5.54. The van der Waals surface area contributed by atoms with E-state index in [0.717, 1.165) is 12.5 Å². The molecule has 0 saturated heterocycles. The highest BCUT2D eigenvalue weighted by Crippen LogP contribution is 2.30. The van der Waals surface area contributed by atoms with Gasteiger partial charge in [0.05, 0.1) is 0 Å². The maximum atomic E-state index is 4.26. The predicted octanol–water partition coefficient (Wildman–Crippen LogP) is 2.68. The lowest BCUT2D eigenvalue weighted by molar-refractivity contribution is 0.537. The number of rotatable bonds is 3.